The first-order chi connectivity index (χ1) is 10.5. The molecule has 1 N–H and O–H groups in total. The summed E-state index contributed by atoms with van der Waals surface area (Å²) in [7, 11) is 1.32. The Hall–Kier alpha value is -2.70. The van der Waals surface area contributed by atoms with Crippen LogP contribution in [0.1, 0.15) is 15.9 Å². The lowest BCUT2D eigenvalue weighted by Crippen LogP contribution is -2.13. The lowest BCUT2D eigenvalue weighted by Gasteiger charge is -2.11. The van der Waals surface area contributed by atoms with Crippen LogP contribution in [0.5, 0.6) is 11.5 Å². The van der Waals surface area contributed by atoms with Gasteiger partial charge in [0.2, 0.25) is 0 Å². The van der Waals surface area contributed by atoms with Crippen LogP contribution in [0.25, 0.3) is 0 Å². The lowest BCUT2D eigenvalue weighted by atomic mass is 10.2. The van der Waals surface area contributed by atoms with Crippen molar-refractivity contribution in [2.24, 2.45) is 0 Å². The average molecular weight is 308 g/mol. The minimum absolute atomic E-state index is 0.116. The van der Waals surface area contributed by atoms with Crippen LogP contribution in [0, 0.1) is 6.92 Å². The highest BCUT2D eigenvalue weighted by Gasteiger charge is 2.15. The van der Waals surface area contributed by atoms with E-state index in [9.17, 15) is 13.6 Å². The molecule has 0 unspecified atom stereocenters. The second-order valence-corrected chi connectivity index (χ2v) is 4.42. The Kier molecular flexibility index (Phi) is 4.88. The fraction of sp³-hybridized carbons (Fsp3) is 0.200. The number of hydrogen-bond donors (Lipinski definition) is 1. The number of hydrogen-bond acceptors (Lipinski definition) is 4. The minimum atomic E-state index is -3.01. The van der Waals surface area contributed by atoms with Gasteiger partial charge in [-0.15, -0.1) is 0 Å². The molecule has 0 aliphatic rings. The van der Waals surface area contributed by atoms with E-state index in [4.69, 9.17) is 4.74 Å². The summed E-state index contributed by atoms with van der Waals surface area (Å²) in [5.41, 5.74) is 1.11. The van der Waals surface area contributed by atoms with Crippen molar-refractivity contribution >= 4 is 11.7 Å². The Balaban J connectivity index is 2.20. The van der Waals surface area contributed by atoms with Crippen molar-refractivity contribution in [1.82, 2.24) is 4.98 Å². The number of aromatic nitrogens is 1. The van der Waals surface area contributed by atoms with Crippen LogP contribution in [0.4, 0.5) is 14.6 Å². The highest BCUT2D eigenvalue weighted by atomic mass is 19.3. The van der Waals surface area contributed by atoms with Crippen LogP contribution in [-0.2, 0) is 0 Å². The van der Waals surface area contributed by atoms with Crippen LogP contribution < -0.4 is 14.8 Å². The number of rotatable bonds is 5. The van der Waals surface area contributed by atoms with Crippen molar-refractivity contribution in [3.63, 3.8) is 0 Å². The Bertz CT molecular complexity index is 660. The Morgan fingerprint density at radius 2 is 2.00 bits per heavy atom. The molecule has 0 spiro atoms. The standard InChI is InChI=1S/C15H14F2N2O3/c1-9-3-6-13(18-8-9)19-14(20)10-4-5-11(21-2)12(7-10)22-15(16)17/h3-8,15H,1-2H3,(H,18,19,20). The number of aryl methyl sites for hydroxylation is 1. The number of benzene rings is 1. The summed E-state index contributed by atoms with van der Waals surface area (Å²) in [6.07, 6.45) is 1.61. The van der Waals surface area contributed by atoms with Crippen molar-refractivity contribution < 1.29 is 23.0 Å². The van der Waals surface area contributed by atoms with Crippen molar-refractivity contribution in [3.05, 3.63) is 47.7 Å². The number of carbonyl (C=O) groups is 1. The molecule has 0 saturated heterocycles. The van der Waals surface area contributed by atoms with E-state index >= 15 is 0 Å². The largest absolute Gasteiger partial charge is 0.493 e. The molecule has 116 valence electrons. The number of ether oxygens (including phenoxy) is 2. The van der Waals surface area contributed by atoms with Gasteiger partial charge in [0.15, 0.2) is 11.5 Å². The molecule has 2 aromatic rings. The summed E-state index contributed by atoms with van der Waals surface area (Å²) in [6, 6.07) is 7.46. The molecule has 0 aliphatic carbocycles. The molecule has 0 bridgehead atoms. The van der Waals surface area contributed by atoms with Crippen LogP contribution in [0.3, 0.4) is 0 Å². The van der Waals surface area contributed by atoms with Gasteiger partial charge in [-0.1, -0.05) is 6.07 Å². The lowest BCUT2D eigenvalue weighted by molar-refractivity contribution is -0.0512. The number of anilines is 1. The summed E-state index contributed by atoms with van der Waals surface area (Å²) in [5, 5.41) is 2.57. The normalized spacial score (nSPS) is 10.4. The maximum atomic E-state index is 12.4. The van der Waals surface area contributed by atoms with E-state index in [1.807, 2.05) is 6.92 Å². The predicted molar refractivity (Wildman–Crippen MR) is 76.6 cm³/mol. The zero-order chi connectivity index (χ0) is 16.1. The molecule has 1 aromatic heterocycles. The van der Waals surface area contributed by atoms with Crippen LogP contribution in [0.2, 0.25) is 0 Å². The van der Waals surface area contributed by atoms with Crippen molar-refractivity contribution in [1.29, 1.82) is 0 Å². The summed E-state index contributed by atoms with van der Waals surface area (Å²) < 4.78 is 34.0. The fourth-order valence-corrected chi connectivity index (χ4v) is 1.74. The highest BCUT2D eigenvalue weighted by molar-refractivity contribution is 6.04. The first-order valence-corrected chi connectivity index (χ1v) is 6.36. The summed E-state index contributed by atoms with van der Waals surface area (Å²) >= 11 is 0. The smallest absolute Gasteiger partial charge is 0.387 e. The Morgan fingerprint density at radius 3 is 2.59 bits per heavy atom. The number of halogens is 2. The second-order valence-electron chi connectivity index (χ2n) is 4.42. The third kappa shape index (κ3) is 3.91. The topological polar surface area (TPSA) is 60.5 Å². The number of carbonyl (C=O) groups excluding carboxylic acids is 1. The molecule has 7 heteroatoms. The maximum Gasteiger partial charge on any atom is 0.387 e. The number of nitrogens with one attached hydrogen (secondary N) is 1. The van der Waals surface area contributed by atoms with E-state index in [1.165, 1.54) is 25.3 Å². The molecule has 0 radical (unpaired) electrons. The third-order valence-corrected chi connectivity index (χ3v) is 2.79. The molecule has 1 heterocycles. The zero-order valence-electron chi connectivity index (χ0n) is 12.0. The van der Waals surface area contributed by atoms with E-state index in [1.54, 1.807) is 18.3 Å². The van der Waals surface area contributed by atoms with E-state index in [0.717, 1.165) is 5.56 Å². The van der Waals surface area contributed by atoms with Gasteiger partial charge in [0.1, 0.15) is 5.82 Å². The second kappa shape index (κ2) is 6.84. The highest BCUT2D eigenvalue weighted by Crippen LogP contribution is 2.29. The number of amides is 1. The van der Waals surface area contributed by atoms with Gasteiger partial charge < -0.3 is 14.8 Å². The fourth-order valence-electron chi connectivity index (χ4n) is 1.74. The SMILES string of the molecule is COc1ccc(C(=O)Nc2ccc(C)cn2)cc1OC(F)F. The molecule has 1 amide bonds. The van der Waals surface area contributed by atoms with Crippen molar-refractivity contribution in [2.75, 3.05) is 12.4 Å². The number of alkyl halides is 2. The Morgan fingerprint density at radius 1 is 1.23 bits per heavy atom. The molecular formula is C15H14F2N2O3. The third-order valence-electron chi connectivity index (χ3n) is 2.79. The molecular weight excluding hydrogens is 294 g/mol. The number of methoxy groups -OCH3 is 1. The first kappa shape index (κ1) is 15.7. The van der Waals surface area contributed by atoms with E-state index in [-0.39, 0.29) is 17.1 Å². The van der Waals surface area contributed by atoms with Crippen LogP contribution >= 0.6 is 0 Å². The van der Waals surface area contributed by atoms with Gasteiger partial charge in [0, 0.05) is 11.8 Å². The molecule has 22 heavy (non-hydrogen) atoms. The zero-order valence-corrected chi connectivity index (χ0v) is 12.0. The van der Waals surface area contributed by atoms with E-state index in [0.29, 0.717) is 5.82 Å². The molecule has 0 aliphatic heterocycles. The minimum Gasteiger partial charge on any atom is -0.493 e. The van der Waals surface area contributed by atoms with Gasteiger partial charge in [0.25, 0.3) is 5.91 Å². The number of pyridine rings is 1. The molecule has 0 saturated carbocycles. The molecule has 1 aromatic carbocycles. The van der Waals surface area contributed by atoms with Gasteiger partial charge in [-0.05, 0) is 36.8 Å². The van der Waals surface area contributed by atoms with Gasteiger partial charge in [0.05, 0.1) is 7.11 Å². The molecule has 0 atom stereocenters. The van der Waals surface area contributed by atoms with E-state index < -0.39 is 12.5 Å². The molecule has 2 rings (SSSR count). The van der Waals surface area contributed by atoms with Gasteiger partial charge in [-0.3, -0.25) is 4.79 Å². The van der Waals surface area contributed by atoms with Crippen LogP contribution in [0.15, 0.2) is 36.5 Å². The monoisotopic (exact) mass is 308 g/mol. The average Bonchev–Trinajstić information content (AvgIpc) is 2.49. The van der Waals surface area contributed by atoms with Gasteiger partial charge >= 0.3 is 6.61 Å². The molecule has 5 nitrogen and oxygen atoms in total. The van der Waals surface area contributed by atoms with Crippen LogP contribution in [-0.4, -0.2) is 24.6 Å². The Labute approximate surface area is 125 Å². The molecule has 0 fully saturated rings. The predicted octanol–water partition coefficient (Wildman–Crippen LogP) is 3.25. The van der Waals surface area contributed by atoms with E-state index in [2.05, 4.69) is 15.0 Å². The van der Waals surface area contributed by atoms with Crippen molar-refractivity contribution in [3.8, 4) is 11.5 Å². The summed E-state index contributed by atoms with van der Waals surface area (Å²) in [6.45, 7) is -1.14. The maximum absolute atomic E-state index is 12.4. The summed E-state index contributed by atoms with van der Waals surface area (Å²) in [4.78, 5) is 16.1. The quantitative estimate of drug-likeness (QED) is 0.921. The first-order valence-electron chi connectivity index (χ1n) is 6.36. The van der Waals surface area contributed by atoms with Gasteiger partial charge in [-0.2, -0.15) is 8.78 Å². The van der Waals surface area contributed by atoms with Crippen molar-refractivity contribution in [2.45, 2.75) is 13.5 Å². The summed E-state index contributed by atoms with van der Waals surface area (Å²) in [5.74, 6) is -0.215. The number of nitrogens with zero attached hydrogens (tertiary/aromatic N) is 1. The van der Waals surface area contributed by atoms with Gasteiger partial charge in [-0.25, -0.2) is 4.98 Å².